The Labute approximate surface area is 85.6 Å². The summed E-state index contributed by atoms with van der Waals surface area (Å²) >= 11 is 0. The molecule has 0 radical (unpaired) electrons. The van der Waals surface area contributed by atoms with Crippen LogP contribution in [-0.2, 0) is 9.53 Å². The second-order valence-electron chi connectivity index (χ2n) is 4.40. The number of hydrogen-bond acceptors (Lipinski definition) is 3. The van der Waals surface area contributed by atoms with Crippen molar-refractivity contribution >= 4 is 5.91 Å². The Kier molecular flexibility index (Phi) is 5.72. The molecule has 1 amide bonds. The lowest BCUT2D eigenvalue weighted by Gasteiger charge is -2.18. The topological polar surface area (TPSA) is 58.6 Å². The van der Waals surface area contributed by atoms with Crippen LogP contribution >= 0.6 is 0 Å². The predicted octanol–water partition coefficient (Wildman–Crippen LogP) is 0.546. The van der Waals surface area contributed by atoms with Gasteiger partial charge in [0.15, 0.2) is 0 Å². The average Bonchev–Trinajstić information content (AvgIpc) is 2.02. The molecule has 84 valence electrons. The molecule has 0 spiro atoms. The van der Waals surface area contributed by atoms with Gasteiger partial charge in [0.05, 0.1) is 12.7 Å². The number of carbonyl (C=O) groups excluding carboxylic acids is 1. The Morgan fingerprint density at radius 2 is 2.07 bits per heavy atom. The molecule has 0 aliphatic heterocycles. The lowest BCUT2D eigenvalue weighted by Crippen LogP contribution is -2.36. The number of aliphatic hydroxyl groups excluding tert-OH is 1. The number of aliphatic hydroxyl groups is 1. The van der Waals surface area contributed by atoms with Crippen molar-refractivity contribution in [2.24, 2.45) is 5.41 Å². The SMILES string of the molecule is COCC(O)CCNC(=O)C(C)(C)C. The molecule has 14 heavy (non-hydrogen) atoms. The zero-order chi connectivity index (χ0) is 11.2. The van der Waals surface area contributed by atoms with Crippen LogP contribution in [0.25, 0.3) is 0 Å². The predicted molar refractivity (Wildman–Crippen MR) is 55.0 cm³/mol. The highest BCUT2D eigenvalue weighted by Crippen LogP contribution is 2.12. The van der Waals surface area contributed by atoms with Crippen molar-refractivity contribution in [3.8, 4) is 0 Å². The van der Waals surface area contributed by atoms with Gasteiger partial charge in [0, 0.05) is 19.1 Å². The first-order valence-electron chi connectivity index (χ1n) is 4.83. The van der Waals surface area contributed by atoms with Crippen molar-refractivity contribution in [1.82, 2.24) is 5.32 Å². The summed E-state index contributed by atoms with van der Waals surface area (Å²) in [5.74, 6) is 0.00196. The van der Waals surface area contributed by atoms with Crippen molar-refractivity contribution < 1.29 is 14.6 Å². The van der Waals surface area contributed by atoms with Crippen LogP contribution < -0.4 is 5.32 Å². The second kappa shape index (κ2) is 5.98. The summed E-state index contributed by atoms with van der Waals surface area (Å²) in [5.41, 5.74) is -0.369. The van der Waals surface area contributed by atoms with Gasteiger partial charge in [-0.25, -0.2) is 0 Å². The minimum absolute atomic E-state index is 0.00196. The fourth-order valence-corrected chi connectivity index (χ4v) is 0.893. The van der Waals surface area contributed by atoms with E-state index in [0.29, 0.717) is 19.6 Å². The third-order valence-electron chi connectivity index (χ3n) is 1.80. The van der Waals surface area contributed by atoms with Gasteiger partial charge in [0.2, 0.25) is 5.91 Å². The second-order valence-corrected chi connectivity index (χ2v) is 4.40. The van der Waals surface area contributed by atoms with Gasteiger partial charge in [-0.05, 0) is 6.42 Å². The van der Waals surface area contributed by atoms with E-state index in [-0.39, 0.29) is 11.3 Å². The summed E-state index contributed by atoms with van der Waals surface area (Å²) in [6, 6.07) is 0. The number of hydrogen-bond donors (Lipinski definition) is 2. The van der Waals surface area contributed by atoms with E-state index < -0.39 is 6.10 Å². The third kappa shape index (κ3) is 5.94. The van der Waals surface area contributed by atoms with Crippen LogP contribution in [0.15, 0.2) is 0 Å². The van der Waals surface area contributed by atoms with E-state index in [1.807, 2.05) is 20.8 Å². The average molecular weight is 203 g/mol. The first-order chi connectivity index (χ1) is 6.38. The van der Waals surface area contributed by atoms with Gasteiger partial charge < -0.3 is 15.2 Å². The highest BCUT2D eigenvalue weighted by atomic mass is 16.5. The summed E-state index contributed by atoms with van der Waals surface area (Å²) in [6.07, 6.45) is 0.0237. The molecular weight excluding hydrogens is 182 g/mol. The van der Waals surface area contributed by atoms with Crippen molar-refractivity contribution in [2.75, 3.05) is 20.3 Å². The summed E-state index contributed by atoms with van der Waals surface area (Å²) < 4.78 is 4.77. The lowest BCUT2D eigenvalue weighted by atomic mass is 9.96. The fraction of sp³-hybridized carbons (Fsp3) is 0.900. The molecule has 0 aromatic rings. The molecule has 4 heteroatoms. The van der Waals surface area contributed by atoms with Crippen molar-refractivity contribution in [3.05, 3.63) is 0 Å². The highest BCUT2D eigenvalue weighted by molar-refractivity contribution is 5.81. The molecule has 0 heterocycles. The van der Waals surface area contributed by atoms with E-state index >= 15 is 0 Å². The molecule has 0 aliphatic carbocycles. The van der Waals surface area contributed by atoms with Crippen LogP contribution in [0, 0.1) is 5.41 Å². The molecule has 0 saturated carbocycles. The minimum Gasteiger partial charge on any atom is -0.391 e. The lowest BCUT2D eigenvalue weighted by molar-refractivity contribution is -0.128. The van der Waals surface area contributed by atoms with Crippen LogP contribution in [0.5, 0.6) is 0 Å². The molecule has 4 nitrogen and oxygen atoms in total. The van der Waals surface area contributed by atoms with Crippen LogP contribution in [0.1, 0.15) is 27.2 Å². The molecule has 0 aromatic heterocycles. The number of nitrogens with one attached hydrogen (secondary N) is 1. The number of rotatable bonds is 5. The normalized spacial score (nSPS) is 13.8. The van der Waals surface area contributed by atoms with Crippen LogP contribution in [0.2, 0.25) is 0 Å². The standard InChI is InChI=1S/C10H21NO3/c1-10(2,3)9(13)11-6-5-8(12)7-14-4/h8,12H,5-7H2,1-4H3,(H,11,13). The van der Waals surface area contributed by atoms with Crippen molar-refractivity contribution in [2.45, 2.75) is 33.3 Å². The summed E-state index contributed by atoms with van der Waals surface area (Å²) in [4.78, 5) is 11.4. The van der Waals surface area contributed by atoms with E-state index in [9.17, 15) is 9.90 Å². The van der Waals surface area contributed by atoms with Gasteiger partial charge in [-0.3, -0.25) is 4.79 Å². The molecule has 1 atom stereocenters. The first kappa shape index (κ1) is 13.4. The summed E-state index contributed by atoms with van der Waals surface area (Å²) in [7, 11) is 1.54. The Balaban J connectivity index is 3.59. The molecular formula is C10H21NO3. The summed E-state index contributed by atoms with van der Waals surface area (Å²) in [5, 5.41) is 12.0. The minimum atomic E-state index is -0.500. The maximum atomic E-state index is 11.4. The maximum absolute atomic E-state index is 11.4. The Morgan fingerprint density at radius 1 is 1.50 bits per heavy atom. The van der Waals surface area contributed by atoms with Crippen LogP contribution in [-0.4, -0.2) is 37.4 Å². The Hall–Kier alpha value is -0.610. The molecule has 0 aliphatic rings. The molecule has 0 aromatic carbocycles. The fourth-order valence-electron chi connectivity index (χ4n) is 0.893. The van der Waals surface area contributed by atoms with Gasteiger partial charge in [-0.2, -0.15) is 0 Å². The Bertz CT molecular complexity index is 175. The third-order valence-corrected chi connectivity index (χ3v) is 1.80. The van der Waals surface area contributed by atoms with Crippen LogP contribution in [0.4, 0.5) is 0 Å². The maximum Gasteiger partial charge on any atom is 0.225 e. The van der Waals surface area contributed by atoms with Gasteiger partial charge in [-0.1, -0.05) is 20.8 Å². The first-order valence-corrected chi connectivity index (χ1v) is 4.83. The monoisotopic (exact) mass is 203 g/mol. The van der Waals surface area contributed by atoms with Crippen LogP contribution in [0.3, 0.4) is 0 Å². The summed E-state index contributed by atoms with van der Waals surface area (Å²) in [6.45, 7) is 6.36. The molecule has 1 unspecified atom stereocenters. The van der Waals surface area contributed by atoms with Gasteiger partial charge in [0.1, 0.15) is 0 Å². The number of methoxy groups -OCH3 is 1. The highest BCUT2D eigenvalue weighted by Gasteiger charge is 2.20. The van der Waals surface area contributed by atoms with Gasteiger partial charge in [0.25, 0.3) is 0 Å². The zero-order valence-electron chi connectivity index (χ0n) is 9.46. The van der Waals surface area contributed by atoms with Crippen molar-refractivity contribution in [3.63, 3.8) is 0 Å². The van der Waals surface area contributed by atoms with Crippen molar-refractivity contribution in [1.29, 1.82) is 0 Å². The van der Waals surface area contributed by atoms with E-state index in [2.05, 4.69) is 5.32 Å². The van der Waals surface area contributed by atoms with Gasteiger partial charge >= 0.3 is 0 Å². The number of carbonyl (C=O) groups is 1. The molecule has 0 bridgehead atoms. The quantitative estimate of drug-likeness (QED) is 0.686. The van der Waals surface area contributed by atoms with Gasteiger partial charge in [-0.15, -0.1) is 0 Å². The largest absolute Gasteiger partial charge is 0.391 e. The number of amides is 1. The molecule has 0 fully saturated rings. The zero-order valence-corrected chi connectivity index (χ0v) is 9.46. The number of ether oxygens (including phenoxy) is 1. The Morgan fingerprint density at radius 3 is 2.50 bits per heavy atom. The van der Waals surface area contributed by atoms with E-state index in [4.69, 9.17) is 4.74 Å². The van der Waals surface area contributed by atoms with E-state index in [0.717, 1.165) is 0 Å². The molecule has 0 rings (SSSR count). The smallest absolute Gasteiger partial charge is 0.225 e. The molecule has 0 saturated heterocycles. The van der Waals surface area contributed by atoms with E-state index in [1.165, 1.54) is 7.11 Å². The molecule has 2 N–H and O–H groups in total. The van der Waals surface area contributed by atoms with E-state index in [1.54, 1.807) is 0 Å².